The summed E-state index contributed by atoms with van der Waals surface area (Å²) in [7, 11) is 0. The maximum absolute atomic E-state index is 12.4. The number of aryl methyl sites for hydroxylation is 1. The van der Waals surface area contributed by atoms with Gasteiger partial charge in [0.2, 0.25) is 0 Å². The van der Waals surface area contributed by atoms with Crippen molar-refractivity contribution < 1.29 is 14.8 Å². The van der Waals surface area contributed by atoms with Gasteiger partial charge in [-0.15, -0.1) is 0 Å². The molecule has 0 saturated carbocycles. The first kappa shape index (κ1) is 13.5. The van der Waals surface area contributed by atoms with Crippen LogP contribution in [0.25, 0.3) is 0 Å². The largest absolute Gasteiger partial charge is 0.394 e. The Labute approximate surface area is 110 Å². The molecule has 0 aliphatic carbocycles. The summed E-state index contributed by atoms with van der Waals surface area (Å²) in [6.07, 6.45) is 1.68. The maximum Gasteiger partial charge on any atom is 0.269 e. The van der Waals surface area contributed by atoms with Crippen molar-refractivity contribution in [1.82, 2.24) is 4.90 Å². The minimum atomic E-state index is -0.479. The summed E-state index contributed by atoms with van der Waals surface area (Å²) in [5.41, 5.74) is 1.03. The molecule has 1 atom stereocenters. The molecule has 6 nitrogen and oxygen atoms in total. The van der Waals surface area contributed by atoms with E-state index in [2.05, 4.69) is 0 Å². The van der Waals surface area contributed by atoms with Crippen LogP contribution in [0, 0.1) is 17.0 Å². The number of carbonyl (C=O) groups is 1. The highest BCUT2D eigenvalue weighted by Gasteiger charge is 2.29. The highest BCUT2D eigenvalue weighted by atomic mass is 16.6. The number of likely N-dealkylation sites (tertiary alicyclic amines) is 1. The lowest BCUT2D eigenvalue weighted by Crippen LogP contribution is -2.37. The summed E-state index contributed by atoms with van der Waals surface area (Å²) in [5.74, 6) is -0.163. The number of nitro groups is 1. The molecule has 1 aliphatic rings. The Morgan fingerprint density at radius 1 is 1.58 bits per heavy atom. The summed E-state index contributed by atoms with van der Waals surface area (Å²) in [5, 5.41) is 19.9. The zero-order chi connectivity index (χ0) is 14.0. The number of amides is 1. The Kier molecular flexibility index (Phi) is 3.80. The molecule has 102 valence electrons. The van der Waals surface area contributed by atoms with E-state index in [0.717, 1.165) is 12.8 Å². The van der Waals surface area contributed by atoms with Crippen molar-refractivity contribution in [3.05, 3.63) is 39.4 Å². The predicted molar refractivity (Wildman–Crippen MR) is 69.0 cm³/mol. The Balaban J connectivity index is 2.26. The molecule has 0 radical (unpaired) electrons. The molecule has 2 rings (SSSR count). The van der Waals surface area contributed by atoms with Gasteiger partial charge in [0.1, 0.15) is 0 Å². The first-order chi connectivity index (χ1) is 9.04. The molecule has 1 aromatic carbocycles. The Morgan fingerprint density at radius 2 is 2.32 bits per heavy atom. The predicted octanol–water partition coefficient (Wildman–Crippen LogP) is 1.50. The van der Waals surface area contributed by atoms with Crippen molar-refractivity contribution in [2.45, 2.75) is 25.8 Å². The summed E-state index contributed by atoms with van der Waals surface area (Å²) in [6, 6.07) is 4.09. The average Bonchev–Trinajstić information content (AvgIpc) is 2.85. The number of non-ortho nitro benzene ring substituents is 1. The highest BCUT2D eigenvalue weighted by molar-refractivity contribution is 5.96. The smallest absolute Gasteiger partial charge is 0.269 e. The van der Waals surface area contributed by atoms with Crippen LogP contribution >= 0.6 is 0 Å². The number of benzene rings is 1. The van der Waals surface area contributed by atoms with E-state index in [1.807, 2.05) is 0 Å². The first-order valence-corrected chi connectivity index (χ1v) is 6.21. The second-order valence-corrected chi connectivity index (χ2v) is 4.73. The van der Waals surface area contributed by atoms with E-state index in [9.17, 15) is 20.0 Å². The SMILES string of the molecule is Cc1cc([N+](=O)[O-])ccc1C(=O)N1CCCC1CO. The molecule has 1 unspecified atom stereocenters. The topological polar surface area (TPSA) is 83.7 Å². The lowest BCUT2D eigenvalue weighted by atomic mass is 10.1. The van der Waals surface area contributed by atoms with Crippen molar-refractivity contribution in [3.63, 3.8) is 0 Å². The van der Waals surface area contributed by atoms with Crippen molar-refractivity contribution in [2.75, 3.05) is 13.2 Å². The molecular weight excluding hydrogens is 248 g/mol. The minimum Gasteiger partial charge on any atom is -0.394 e. The molecule has 0 aromatic heterocycles. The number of hydrogen-bond acceptors (Lipinski definition) is 4. The molecule has 1 aromatic rings. The molecule has 19 heavy (non-hydrogen) atoms. The summed E-state index contributed by atoms with van der Waals surface area (Å²) >= 11 is 0. The van der Waals surface area contributed by atoms with E-state index >= 15 is 0 Å². The molecule has 0 spiro atoms. The van der Waals surface area contributed by atoms with Gasteiger partial charge >= 0.3 is 0 Å². The van der Waals surface area contributed by atoms with Gasteiger partial charge in [0.05, 0.1) is 17.6 Å². The summed E-state index contributed by atoms with van der Waals surface area (Å²) in [6.45, 7) is 2.27. The van der Waals surface area contributed by atoms with Gasteiger partial charge < -0.3 is 10.0 Å². The van der Waals surface area contributed by atoms with Gasteiger partial charge in [-0.25, -0.2) is 0 Å². The molecule has 1 aliphatic heterocycles. The van der Waals surface area contributed by atoms with Crippen molar-refractivity contribution in [3.8, 4) is 0 Å². The fourth-order valence-electron chi connectivity index (χ4n) is 2.45. The van der Waals surface area contributed by atoms with E-state index < -0.39 is 4.92 Å². The van der Waals surface area contributed by atoms with Crippen LogP contribution in [0.1, 0.15) is 28.8 Å². The van der Waals surface area contributed by atoms with Gasteiger partial charge in [0.15, 0.2) is 0 Å². The standard InChI is InChI=1S/C13H16N2O4/c1-9-7-10(15(18)19)4-5-12(9)13(17)14-6-2-3-11(14)8-16/h4-5,7,11,16H,2-3,6,8H2,1H3. The van der Waals surface area contributed by atoms with E-state index in [4.69, 9.17) is 0 Å². The third-order valence-electron chi connectivity index (χ3n) is 3.50. The molecule has 0 bridgehead atoms. The van der Waals surface area contributed by atoms with Crippen LogP contribution in [0.15, 0.2) is 18.2 Å². The zero-order valence-corrected chi connectivity index (χ0v) is 10.7. The van der Waals surface area contributed by atoms with E-state index in [1.165, 1.54) is 18.2 Å². The fraction of sp³-hybridized carbons (Fsp3) is 0.462. The van der Waals surface area contributed by atoms with Crippen LogP contribution in [0.5, 0.6) is 0 Å². The Hall–Kier alpha value is -1.95. The number of aliphatic hydroxyl groups excluding tert-OH is 1. The second-order valence-electron chi connectivity index (χ2n) is 4.73. The van der Waals surface area contributed by atoms with E-state index in [1.54, 1.807) is 11.8 Å². The number of aliphatic hydroxyl groups is 1. The zero-order valence-electron chi connectivity index (χ0n) is 10.7. The van der Waals surface area contributed by atoms with Gasteiger partial charge in [0.25, 0.3) is 11.6 Å². The lowest BCUT2D eigenvalue weighted by Gasteiger charge is -2.23. The molecule has 1 heterocycles. The molecule has 1 saturated heterocycles. The van der Waals surface area contributed by atoms with Gasteiger partial charge in [-0.2, -0.15) is 0 Å². The monoisotopic (exact) mass is 264 g/mol. The van der Waals surface area contributed by atoms with Crippen LogP contribution < -0.4 is 0 Å². The fourth-order valence-corrected chi connectivity index (χ4v) is 2.45. The third kappa shape index (κ3) is 2.58. The third-order valence-corrected chi connectivity index (χ3v) is 3.50. The quantitative estimate of drug-likeness (QED) is 0.662. The maximum atomic E-state index is 12.4. The molecule has 1 fully saturated rings. The summed E-state index contributed by atoms with van der Waals surface area (Å²) in [4.78, 5) is 24.2. The number of carbonyl (C=O) groups excluding carboxylic acids is 1. The minimum absolute atomic E-state index is 0.0193. The summed E-state index contributed by atoms with van der Waals surface area (Å²) < 4.78 is 0. The van der Waals surface area contributed by atoms with Crippen LogP contribution in [-0.2, 0) is 0 Å². The van der Waals surface area contributed by atoms with Crippen molar-refractivity contribution >= 4 is 11.6 Å². The normalized spacial score (nSPS) is 18.6. The molecular formula is C13H16N2O4. The van der Waals surface area contributed by atoms with Gasteiger partial charge in [-0.05, 0) is 31.4 Å². The van der Waals surface area contributed by atoms with Gasteiger partial charge in [-0.1, -0.05) is 0 Å². The lowest BCUT2D eigenvalue weighted by molar-refractivity contribution is -0.384. The molecule has 1 amide bonds. The van der Waals surface area contributed by atoms with Gasteiger partial charge in [-0.3, -0.25) is 14.9 Å². The van der Waals surface area contributed by atoms with Crippen LogP contribution in [0.2, 0.25) is 0 Å². The van der Waals surface area contributed by atoms with Crippen molar-refractivity contribution in [2.24, 2.45) is 0 Å². The van der Waals surface area contributed by atoms with Gasteiger partial charge in [0, 0.05) is 24.2 Å². The van der Waals surface area contributed by atoms with E-state index in [0.29, 0.717) is 17.7 Å². The second kappa shape index (κ2) is 5.36. The van der Waals surface area contributed by atoms with Crippen LogP contribution in [0.3, 0.4) is 0 Å². The molecule has 1 N–H and O–H groups in total. The first-order valence-electron chi connectivity index (χ1n) is 6.21. The van der Waals surface area contributed by atoms with Crippen molar-refractivity contribution in [1.29, 1.82) is 0 Å². The number of hydrogen-bond donors (Lipinski definition) is 1. The number of nitro benzene ring substituents is 1. The Bertz CT molecular complexity index is 515. The highest BCUT2D eigenvalue weighted by Crippen LogP contribution is 2.23. The average molecular weight is 264 g/mol. The molecule has 6 heteroatoms. The van der Waals surface area contributed by atoms with Crippen LogP contribution in [-0.4, -0.2) is 40.0 Å². The Morgan fingerprint density at radius 3 is 2.89 bits per heavy atom. The van der Waals surface area contributed by atoms with E-state index in [-0.39, 0.29) is 24.2 Å². The van der Waals surface area contributed by atoms with Crippen LogP contribution in [0.4, 0.5) is 5.69 Å². The number of rotatable bonds is 3. The number of nitrogens with zero attached hydrogens (tertiary/aromatic N) is 2.